The van der Waals surface area contributed by atoms with E-state index in [4.69, 9.17) is 0 Å². The SMILES string of the molecule is C[C@@H]1CN(C2CN(C(C)(C)C)C2)C[C@@H]1O. The minimum Gasteiger partial charge on any atom is -0.391 e. The highest BCUT2D eigenvalue weighted by molar-refractivity contribution is 4.97. The first-order valence-electron chi connectivity index (χ1n) is 6.05. The van der Waals surface area contributed by atoms with Crippen LogP contribution in [0.5, 0.6) is 0 Å². The fraction of sp³-hybridized carbons (Fsp3) is 1.00. The molecule has 0 aliphatic carbocycles. The normalized spacial score (nSPS) is 35.8. The number of rotatable bonds is 1. The van der Waals surface area contributed by atoms with Gasteiger partial charge in [0.25, 0.3) is 0 Å². The summed E-state index contributed by atoms with van der Waals surface area (Å²) in [5.41, 5.74) is 0.306. The smallest absolute Gasteiger partial charge is 0.0704 e. The van der Waals surface area contributed by atoms with Crippen molar-refractivity contribution in [2.45, 2.75) is 45.4 Å². The predicted octanol–water partition coefficient (Wildman–Crippen LogP) is 0.782. The number of β-amino-alcohol motifs (C(OH)–C–C–N with tert-alkyl or cyclic N) is 1. The number of hydrogen-bond donors (Lipinski definition) is 1. The Morgan fingerprint density at radius 3 is 2.07 bits per heavy atom. The van der Waals surface area contributed by atoms with Crippen LogP contribution in [0.25, 0.3) is 0 Å². The second kappa shape index (κ2) is 3.72. The maximum Gasteiger partial charge on any atom is 0.0704 e. The maximum atomic E-state index is 9.71. The zero-order valence-electron chi connectivity index (χ0n) is 10.4. The van der Waals surface area contributed by atoms with Gasteiger partial charge in [-0.05, 0) is 26.7 Å². The molecule has 0 bridgehead atoms. The van der Waals surface area contributed by atoms with Crippen LogP contribution < -0.4 is 0 Å². The van der Waals surface area contributed by atoms with Gasteiger partial charge in [-0.3, -0.25) is 9.80 Å². The van der Waals surface area contributed by atoms with E-state index in [1.807, 2.05) is 0 Å². The molecule has 0 aromatic heterocycles. The molecular formula is C12H24N2O. The number of aliphatic hydroxyl groups excluding tert-OH is 1. The molecule has 2 rings (SSSR count). The fourth-order valence-corrected chi connectivity index (χ4v) is 2.52. The fourth-order valence-electron chi connectivity index (χ4n) is 2.52. The maximum absolute atomic E-state index is 9.71. The Morgan fingerprint density at radius 2 is 1.67 bits per heavy atom. The summed E-state index contributed by atoms with van der Waals surface area (Å²) in [5, 5.41) is 9.71. The van der Waals surface area contributed by atoms with E-state index in [2.05, 4.69) is 37.5 Å². The van der Waals surface area contributed by atoms with E-state index in [1.54, 1.807) is 0 Å². The Hall–Kier alpha value is -0.120. The second-order valence-corrected chi connectivity index (χ2v) is 6.23. The van der Waals surface area contributed by atoms with Crippen molar-refractivity contribution in [1.29, 1.82) is 0 Å². The molecule has 0 radical (unpaired) electrons. The van der Waals surface area contributed by atoms with Gasteiger partial charge < -0.3 is 5.11 Å². The van der Waals surface area contributed by atoms with E-state index in [9.17, 15) is 5.11 Å². The molecule has 88 valence electrons. The van der Waals surface area contributed by atoms with Gasteiger partial charge in [-0.1, -0.05) is 6.92 Å². The van der Waals surface area contributed by atoms with Gasteiger partial charge in [-0.2, -0.15) is 0 Å². The number of likely N-dealkylation sites (tertiary alicyclic amines) is 2. The molecule has 0 amide bonds. The first kappa shape index (κ1) is 11.4. The zero-order valence-corrected chi connectivity index (χ0v) is 10.4. The molecule has 1 N–H and O–H groups in total. The molecule has 3 heteroatoms. The van der Waals surface area contributed by atoms with Gasteiger partial charge in [0.05, 0.1) is 6.10 Å². The lowest BCUT2D eigenvalue weighted by molar-refractivity contribution is -0.0173. The molecule has 3 nitrogen and oxygen atoms in total. The van der Waals surface area contributed by atoms with Gasteiger partial charge in [0.1, 0.15) is 0 Å². The van der Waals surface area contributed by atoms with Crippen LogP contribution in [0, 0.1) is 5.92 Å². The predicted molar refractivity (Wildman–Crippen MR) is 61.9 cm³/mol. The van der Waals surface area contributed by atoms with Crippen LogP contribution in [0.15, 0.2) is 0 Å². The van der Waals surface area contributed by atoms with Crippen LogP contribution in [-0.2, 0) is 0 Å². The third kappa shape index (κ3) is 2.19. The molecule has 0 spiro atoms. The third-order valence-corrected chi connectivity index (χ3v) is 3.93. The van der Waals surface area contributed by atoms with Crippen molar-refractivity contribution in [2.24, 2.45) is 5.92 Å². The lowest BCUT2D eigenvalue weighted by Crippen LogP contribution is -2.64. The summed E-state index contributed by atoms with van der Waals surface area (Å²) in [6.07, 6.45) is -0.103. The number of aliphatic hydroxyl groups is 1. The van der Waals surface area contributed by atoms with Gasteiger partial charge in [0.15, 0.2) is 0 Å². The van der Waals surface area contributed by atoms with E-state index in [0.29, 0.717) is 17.5 Å². The number of hydrogen-bond acceptors (Lipinski definition) is 3. The van der Waals surface area contributed by atoms with Crippen LogP contribution in [0.3, 0.4) is 0 Å². The van der Waals surface area contributed by atoms with Gasteiger partial charge in [-0.15, -0.1) is 0 Å². The van der Waals surface area contributed by atoms with E-state index < -0.39 is 0 Å². The standard InChI is InChI=1S/C12H24N2O/c1-9-5-13(8-11(9)15)10-6-14(7-10)12(2,3)4/h9-11,15H,5-8H2,1-4H3/t9-,11+/m1/s1. The summed E-state index contributed by atoms with van der Waals surface area (Å²) >= 11 is 0. The molecule has 2 fully saturated rings. The summed E-state index contributed by atoms with van der Waals surface area (Å²) in [5.74, 6) is 0.452. The van der Waals surface area contributed by atoms with E-state index in [1.165, 1.54) is 13.1 Å². The molecule has 0 unspecified atom stereocenters. The van der Waals surface area contributed by atoms with Crippen molar-refractivity contribution in [2.75, 3.05) is 26.2 Å². The highest BCUT2D eigenvalue weighted by Gasteiger charge is 2.41. The molecule has 2 atom stereocenters. The zero-order chi connectivity index (χ0) is 11.2. The lowest BCUT2D eigenvalue weighted by Gasteiger charge is -2.50. The Morgan fingerprint density at radius 1 is 1.07 bits per heavy atom. The third-order valence-electron chi connectivity index (χ3n) is 3.93. The van der Waals surface area contributed by atoms with Gasteiger partial charge in [0, 0.05) is 37.8 Å². The molecule has 0 aromatic rings. The van der Waals surface area contributed by atoms with Crippen LogP contribution >= 0.6 is 0 Å². The average molecular weight is 212 g/mol. The van der Waals surface area contributed by atoms with Gasteiger partial charge in [-0.25, -0.2) is 0 Å². The first-order valence-corrected chi connectivity index (χ1v) is 6.05. The van der Waals surface area contributed by atoms with E-state index in [0.717, 1.165) is 13.1 Å². The van der Waals surface area contributed by atoms with E-state index >= 15 is 0 Å². The molecule has 2 aliphatic heterocycles. The minimum absolute atomic E-state index is 0.103. The summed E-state index contributed by atoms with van der Waals surface area (Å²) in [6.45, 7) is 13.2. The quantitative estimate of drug-likeness (QED) is 0.696. The summed E-state index contributed by atoms with van der Waals surface area (Å²) < 4.78 is 0. The van der Waals surface area contributed by atoms with Crippen LogP contribution in [-0.4, -0.2) is 58.8 Å². The van der Waals surface area contributed by atoms with Gasteiger partial charge in [0.2, 0.25) is 0 Å². The molecule has 0 saturated carbocycles. The Labute approximate surface area is 93.1 Å². The van der Waals surface area contributed by atoms with Crippen molar-refractivity contribution in [3.8, 4) is 0 Å². The topological polar surface area (TPSA) is 26.7 Å². The molecule has 2 saturated heterocycles. The Balaban J connectivity index is 1.81. The summed E-state index contributed by atoms with van der Waals surface area (Å²) in [6, 6.07) is 0.684. The summed E-state index contributed by atoms with van der Waals surface area (Å²) in [7, 11) is 0. The monoisotopic (exact) mass is 212 g/mol. The van der Waals surface area contributed by atoms with Crippen LogP contribution in [0.4, 0.5) is 0 Å². The highest BCUT2D eigenvalue weighted by atomic mass is 16.3. The van der Waals surface area contributed by atoms with Gasteiger partial charge >= 0.3 is 0 Å². The van der Waals surface area contributed by atoms with Crippen molar-refractivity contribution in [3.05, 3.63) is 0 Å². The molecule has 15 heavy (non-hydrogen) atoms. The van der Waals surface area contributed by atoms with Crippen molar-refractivity contribution in [3.63, 3.8) is 0 Å². The van der Waals surface area contributed by atoms with Crippen LogP contribution in [0.1, 0.15) is 27.7 Å². The Bertz CT molecular complexity index is 220. The summed E-state index contributed by atoms with van der Waals surface area (Å²) in [4.78, 5) is 4.96. The molecule has 0 aromatic carbocycles. The molecule has 2 aliphatic rings. The molecule has 2 heterocycles. The Kier molecular flexibility index (Phi) is 2.82. The first-order chi connectivity index (χ1) is 6.88. The largest absolute Gasteiger partial charge is 0.391 e. The second-order valence-electron chi connectivity index (χ2n) is 6.23. The van der Waals surface area contributed by atoms with Crippen molar-refractivity contribution >= 4 is 0 Å². The van der Waals surface area contributed by atoms with Crippen LogP contribution in [0.2, 0.25) is 0 Å². The highest BCUT2D eigenvalue weighted by Crippen LogP contribution is 2.28. The van der Waals surface area contributed by atoms with Crippen molar-refractivity contribution in [1.82, 2.24) is 9.80 Å². The average Bonchev–Trinajstić information content (AvgIpc) is 2.25. The van der Waals surface area contributed by atoms with E-state index in [-0.39, 0.29) is 6.10 Å². The lowest BCUT2D eigenvalue weighted by atomic mass is 9.97. The minimum atomic E-state index is -0.103. The number of nitrogens with zero attached hydrogens (tertiary/aromatic N) is 2. The molecular weight excluding hydrogens is 188 g/mol. The van der Waals surface area contributed by atoms with Crippen molar-refractivity contribution < 1.29 is 5.11 Å².